The van der Waals surface area contributed by atoms with Crippen molar-refractivity contribution in [3.63, 3.8) is 0 Å². The molecule has 0 aromatic heterocycles. The molecule has 1 aliphatic rings. The maximum atomic E-state index is 13.4. The average Bonchev–Trinajstić information content (AvgIpc) is 2.95. The Kier molecular flexibility index (Phi) is 5.18. The molecule has 0 radical (unpaired) electrons. The van der Waals surface area contributed by atoms with E-state index in [1.165, 1.54) is 4.90 Å². The van der Waals surface area contributed by atoms with E-state index in [2.05, 4.69) is 5.32 Å². The van der Waals surface area contributed by atoms with Gasteiger partial charge in [0.05, 0.1) is 11.3 Å². The molecule has 1 heterocycles. The molecular formula is C25H21ClN2O2. The summed E-state index contributed by atoms with van der Waals surface area (Å²) in [7, 11) is 0. The van der Waals surface area contributed by atoms with Crippen LogP contribution in [-0.4, -0.2) is 11.8 Å². The Morgan fingerprint density at radius 2 is 1.53 bits per heavy atom. The lowest BCUT2D eigenvalue weighted by atomic mass is 10.0. The zero-order valence-corrected chi connectivity index (χ0v) is 17.7. The molecule has 3 aromatic rings. The second-order valence-corrected chi connectivity index (χ2v) is 7.90. The van der Waals surface area contributed by atoms with Crippen molar-refractivity contribution in [2.24, 2.45) is 0 Å². The molecule has 1 N–H and O–H groups in total. The molecule has 0 fully saturated rings. The molecule has 0 atom stereocenters. The predicted molar refractivity (Wildman–Crippen MR) is 122 cm³/mol. The number of halogens is 1. The van der Waals surface area contributed by atoms with Gasteiger partial charge in [0.1, 0.15) is 5.70 Å². The van der Waals surface area contributed by atoms with Crippen molar-refractivity contribution in [1.82, 2.24) is 0 Å². The molecule has 4 nitrogen and oxygen atoms in total. The largest absolute Gasteiger partial charge is 0.350 e. The molecule has 0 bridgehead atoms. The van der Waals surface area contributed by atoms with Crippen molar-refractivity contribution in [1.29, 1.82) is 0 Å². The Labute approximate surface area is 180 Å². The fraction of sp³-hybridized carbons (Fsp3) is 0.120. The zero-order chi connectivity index (χ0) is 21.4. The van der Waals surface area contributed by atoms with Crippen LogP contribution in [0.15, 0.2) is 72.4 Å². The van der Waals surface area contributed by atoms with Gasteiger partial charge < -0.3 is 5.32 Å². The number of hydrogen-bond acceptors (Lipinski definition) is 3. The van der Waals surface area contributed by atoms with Crippen LogP contribution in [0.25, 0.3) is 5.57 Å². The lowest BCUT2D eigenvalue weighted by molar-refractivity contribution is -0.120. The molecule has 30 heavy (non-hydrogen) atoms. The van der Waals surface area contributed by atoms with Crippen molar-refractivity contribution in [3.05, 3.63) is 99.7 Å². The number of carbonyl (C=O) groups excluding carboxylic acids is 2. The number of amides is 2. The molecule has 0 unspecified atom stereocenters. The minimum atomic E-state index is -0.406. The molecule has 0 aliphatic carbocycles. The highest BCUT2D eigenvalue weighted by Gasteiger charge is 2.40. The Bertz CT molecular complexity index is 1200. The van der Waals surface area contributed by atoms with E-state index >= 15 is 0 Å². The van der Waals surface area contributed by atoms with Gasteiger partial charge in [-0.1, -0.05) is 53.6 Å². The van der Waals surface area contributed by atoms with Crippen LogP contribution < -0.4 is 10.2 Å². The standard InChI is InChI=1S/C25H21ClN2O2/c1-15-7-10-18(11-8-15)22-23(27-20-12-9-16(2)17(3)13-20)25(30)28(24(22)29)21-6-4-5-19(26)14-21/h4-14,27H,1-3H3. The van der Waals surface area contributed by atoms with Gasteiger partial charge in [0.2, 0.25) is 0 Å². The van der Waals surface area contributed by atoms with Crippen LogP contribution in [-0.2, 0) is 9.59 Å². The van der Waals surface area contributed by atoms with E-state index in [1.807, 2.05) is 63.2 Å². The van der Waals surface area contributed by atoms with Crippen molar-refractivity contribution in [3.8, 4) is 0 Å². The number of aryl methyl sites for hydroxylation is 3. The summed E-state index contributed by atoms with van der Waals surface area (Å²) in [6.07, 6.45) is 0. The van der Waals surface area contributed by atoms with Crippen LogP contribution in [0.3, 0.4) is 0 Å². The van der Waals surface area contributed by atoms with Gasteiger partial charge in [0.15, 0.2) is 0 Å². The van der Waals surface area contributed by atoms with Crippen LogP contribution in [0.5, 0.6) is 0 Å². The summed E-state index contributed by atoms with van der Waals surface area (Å²) in [6.45, 7) is 6.02. The number of carbonyl (C=O) groups is 2. The smallest absolute Gasteiger partial charge is 0.282 e. The number of rotatable bonds is 4. The minimum Gasteiger partial charge on any atom is -0.350 e. The lowest BCUT2D eigenvalue weighted by Gasteiger charge is -2.16. The van der Waals surface area contributed by atoms with Crippen molar-refractivity contribution in [2.45, 2.75) is 20.8 Å². The molecule has 0 saturated carbocycles. The van der Waals surface area contributed by atoms with E-state index < -0.39 is 5.91 Å². The van der Waals surface area contributed by atoms with Gasteiger partial charge in [0.25, 0.3) is 11.8 Å². The minimum absolute atomic E-state index is 0.257. The van der Waals surface area contributed by atoms with Crippen LogP contribution in [0, 0.1) is 20.8 Å². The Hall–Kier alpha value is -3.37. The van der Waals surface area contributed by atoms with Gasteiger partial charge in [-0.2, -0.15) is 0 Å². The molecule has 0 saturated heterocycles. The molecule has 0 spiro atoms. The summed E-state index contributed by atoms with van der Waals surface area (Å²) in [5.41, 5.74) is 5.82. The van der Waals surface area contributed by atoms with E-state index in [1.54, 1.807) is 24.3 Å². The predicted octanol–water partition coefficient (Wildman–Crippen LogP) is 5.66. The fourth-order valence-electron chi connectivity index (χ4n) is 3.45. The first kappa shape index (κ1) is 19.9. The fourth-order valence-corrected chi connectivity index (χ4v) is 3.63. The average molecular weight is 417 g/mol. The third-order valence-corrected chi connectivity index (χ3v) is 5.50. The number of imide groups is 1. The van der Waals surface area contributed by atoms with Gasteiger partial charge in [-0.3, -0.25) is 9.59 Å². The maximum absolute atomic E-state index is 13.4. The highest BCUT2D eigenvalue weighted by Crippen LogP contribution is 2.34. The SMILES string of the molecule is Cc1ccc(C2=C(Nc3ccc(C)c(C)c3)C(=O)N(c3cccc(Cl)c3)C2=O)cc1. The number of nitrogens with zero attached hydrogens (tertiary/aromatic N) is 1. The van der Waals surface area contributed by atoms with Crippen LogP contribution in [0.4, 0.5) is 11.4 Å². The summed E-state index contributed by atoms with van der Waals surface area (Å²) < 4.78 is 0. The summed E-state index contributed by atoms with van der Waals surface area (Å²) in [5, 5.41) is 3.66. The van der Waals surface area contributed by atoms with Gasteiger partial charge in [-0.15, -0.1) is 0 Å². The van der Waals surface area contributed by atoms with E-state index in [9.17, 15) is 9.59 Å². The molecule has 2 amide bonds. The molecule has 150 valence electrons. The summed E-state index contributed by atoms with van der Waals surface area (Å²) in [5.74, 6) is -0.784. The molecule has 4 rings (SSSR count). The molecule has 3 aromatic carbocycles. The normalized spacial score (nSPS) is 13.9. The Balaban J connectivity index is 1.83. The third-order valence-electron chi connectivity index (χ3n) is 5.27. The van der Waals surface area contributed by atoms with Crippen molar-refractivity contribution in [2.75, 3.05) is 10.2 Å². The number of anilines is 2. The maximum Gasteiger partial charge on any atom is 0.282 e. The van der Waals surface area contributed by atoms with Crippen LogP contribution in [0.1, 0.15) is 22.3 Å². The number of hydrogen-bond donors (Lipinski definition) is 1. The lowest BCUT2D eigenvalue weighted by Crippen LogP contribution is -2.32. The van der Waals surface area contributed by atoms with Crippen LogP contribution >= 0.6 is 11.6 Å². The number of nitrogens with one attached hydrogen (secondary N) is 1. The van der Waals surface area contributed by atoms with E-state index in [4.69, 9.17) is 11.6 Å². The number of benzene rings is 3. The van der Waals surface area contributed by atoms with Crippen molar-refractivity contribution < 1.29 is 9.59 Å². The van der Waals surface area contributed by atoms with Crippen molar-refractivity contribution >= 4 is 40.4 Å². The van der Waals surface area contributed by atoms with E-state index in [0.717, 1.165) is 22.4 Å². The van der Waals surface area contributed by atoms with Gasteiger partial charge in [-0.25, -0.2) is 4.90 Å². The van der Waals surface area contributed by atoms with Gasteiger partial charge in [-0.05, 0) is 67.8 Å². The van der Waals surface area contributed by atoms with E-state index in [0.29, 0.717) is 21.8 Å². The second kappa shape index (κ2) is 7.81. The van der Waals surface area contributed by atoms with E-state index in [-0.39, 0.29) is 11.6 Å². The highest BCUT2D eigenvalue weighted by molar-refractivity contribution is 6.46. The highest BCUT2D eigenvalue weighted by atomic mass is 35.5. The quantitative estimate of drug-likeness (QED) is 0.558. The summed E-state index contributed by atoms with van der Waals surface area (Å²) in [4.78, 5) is 27.9. The Morgan fingerprint density at radius 3 is 2.20 bits per heavy atom. The molecule has 1 aliphatic heterocycles. The Morgan fingerprint density at radius 1 is 0.800 bits per heavy atom. The van der Waals surface area contributed by atoms with Gasteiger partial charge >= 0.3 is 0 Å². The second-order valence-electron chi connectivity index (χ2n) is 7.47. The summed E-state index contributed by atoms with van der Waals surface area (Å²) >= 11 is 6.11. The first-order valence-corrected chi connectivity index (χ1v) is 10.0. The first-order valence-electron chi connectivity index (χ1n) is 9.65. The third kappa shape index (κ3) is 3.62. The van der Waals surface area contributed by atoms with Crippen LogP contribution in [0.2, 0.25) is 5.02 Å². The topological polar surface area (TPSA) is 49.4 Å². The molecule has 5 heteroatoms. The monoisotopic (exact) mass is 416 g/mol. The molecular weight excluding hydrogens is 396 g/mol. The van der Waals surface area contributed by atoms with Gasteiger partial charge in [0, 0.05) is 10.7 Å². The first-order chi connectivity index (χ1) is 14.3. The zero-order valence-electron chi connectivity index (χ0n) is 17.0. The summed E-state index contributed by atoms with van der Waals surface area (Å²) in [6, 6.07) is 20.2.